The molecule has 1 saturated heterocycles. The van der Waals surface area contributed by atoms with E-state index in [1.165, 1.54) is 7.11 Å². The molecule has 1 aromatic rings. The molecule has 0 unspecified atom stereocenters. The molecule has 1 aliphatic heterocycles. The van der Waals surface area contributed by atoms with E-state index in [9.17, 15) is 4.79 Å². The lowest BCUT2D eigenvalue weighted by Crippen LogP contribution is -2.36. The monoisotopic (exact) mass is 279 g/mol. The molecule has 1 aromatic carbocycles. The summed E-state index contributed by atoms with van der Waals surface area (Å²) in [5, 5.41) is 0. The Balaban J connectivity index is 2.22. The first-order valence-electron chi connectivity index (χ1n) is 6.76. The van der Waals surface area contributed by atoms with Crippen LogP contribution in [0.5, 0.6) is 11.5 Å². The summed E-state index contributed by atoms with van der Waals surface area (Å²) in [4.78, 5) is 14.1. The van der Waals surface area contributed by atoms with Gasteiger partial charge in [-0.3, -0.25) is 0 Å². The van der Waals surface area contributed by atoms with Gasteiger partial charge in [-0.15, -0.1) is 0 Å². The maximum atomic E-state index is 11.8. The van der Waals surface area contributed by atoms with E-state index >= 15 is 0 Å². The zero-order valence-corrected chi connectivity index (χ0v) is 12.2. The van der Waals surface area contributed by atoms with Crippen molar-refractivity contribution in [2.75, 3.05) is 34.4 Å². The predicted octanol–water partition coefficient (Wildman–Crippen LogP) is 1.95. The zero-order chi connectivity index (χ0) is 14.5. The van der Waals surface area contributed by atoms with E-state index in [0.29, 0.717) is 17.1 Å². The number of benzene rings is 1. The number of rotatable bonds is 4. The number of nitrogens with zero attached hydrogens (tertiary/aromatic N) is 1. The van der Waals surface area contributed by atoms with E-state index < -0.39 is 5.97 Å². The van der Waals surface area contributed by atoms with Gasteiger partial charge in [0.25, 0.3) is 0 Å². The summed E-state index contributed by atoms with van der Waals surface area (Å²) in [7, 11) is 5.03. The second-order valence-electron chi connectivity index (χ2n) is 4.95. The molecule has 0 spiro atoms. The Labute approximate surface area is 119 Å². The summed E-state index contributed by atoms with van der Waals surface area (Å²) in [6, 6.07) is 5.24. The first kappa shape index (κ1) is 14.7. The molecule has 20 heavy (non-hydrogen) atoms. The number of methoxy groups -OCH3 is 2. The molecule has 0 amide bonds. The standard InChI is InChI=1S/C15H21NO4/c1-16-9-7-11(8-10-16)20-14-12(15(17)19-3)5-4-6-13(14)18-2/h4-6,11H,7-10H2,1-3H3. The lowest BCUT2D eigenvalue weighted by Gasteiger charge is -2.30. The van der Waals surface area contributed by atoms with Crippen molar-refractivity contribution in [3.05, 3.63) is 23.8 Å². The number of para-hydroxylation sites is 1. The third-order valence-corrected chi connectivity index (χ3v) is 3.55. The SMILES string of the molecule is COC(=O)c1cccc(OC)c1OC1CCN(C)CC1. The molecule has 5 nitrogen and oxygen atoms in total. The summed E-state index contributed by atoms with van der Waals surface area (Å²) in [5.41, 5.74) is 0.408. The van der Waals surface area contributed by atoms with E-state index in [1.54, 1.807) is 25.3 Å². The highest BCUT2D eigenvalue weighted by Crippen LogP contribution is 2.33. The number of likely N-dealkylation sites (tertiary alicyclic amines) is 1. The van der Waals surface area contributed by atoms with E-state index in [-0.39, 0.29) is 6.10 Å². The van der Waals surface area contributed by atoms with Gasteiger partial charge in [0.2, 0.25) is 0 Å². The maximum Gasteiger partial charge on any atom is 0.341 e. The van der Waals surface area contributed by atoms with Crippen LogP contribution in [0.4, 0.5) is 0 Å². The highest BCUT2D eigenvalue weighted by molar-refractivity contribution is 5.93. The fourth-order valence-electron chi connectivity index (χ4n) is 2.34. The van der Waals surface area contributed by atoms with E-state index in [0.717, 1.165) is 25.9 Å². The van der Waals surface area contributed by atoms with Crippen LogP contribution >= 0.6 is 0 Å². The summed E-state index contributed by atoms with van der Waals surface area (Å²) >= 11 is 0. The van der Waals surface area contributed by atoms with Gasteiger partial charge in [-0.05, 0) is 32.0 Å². The lowest BCUT2D eigenvalue weighted by atomic mass is 10.1. The Morgan fingerprint density at radius 3 is 2.55 bits per heavy atom. The number of ether oxygens (including phenoxy) is 3. The lowest BCUT2D eigenvalue weighted by molar-refractivity contribution is 0.0584. The Morgan fingerprint density at radius 1 is 1.25 bits per heavy atom. The van der Waals surface area contributed by atoms with Crippen LogP contribution in [0, 0.1) is 0 Å². The Bertz CT molecular complexity index is 467. The maximum absolute atomic E-state index is 11.8. The van der Waals surface area contributed by atoms with Gasteiger partial charge < -0.3 is 19.1 Å². The predicted molar refractivity (Wildman–Crippen MR) is 75.5 cm³/mol. The van der Waals surface area contributed by atoms with Crippen LogP contribution in [0.1, 0.15) is 23.2 Å². The van der Waals surface area contributed by atoms with Crippen molar-refractivity contribution in [2.24, 2.45) is 0 Å². The topological polar surface area (TPSA) is 48.0 Å². The Hall–Kier alpha value is -1.75. The minimum atomic E-state index is -0.410. The molecule has 1 fully saturated rings. The summed E-state index contributed by atoms with van der Waals surface area (Å²) < 4.78 is 16.1. The van der Waals surface area contributed by atoms with Crippen molar-refractivity contribution in [3.63, 3.8) is 0 Å². The van der Waals surface area contributed by atoms with Crippen molar-refractivity contribution < 1.29 is 19.0 Å². The highest BCUT2D eigenvalue weighted by Gasteiger charge is 2.23. The number of esters is 1. The average molecular weight is 279 g/mol. The van der Waals surface area contributed by atoms with Crippen molar-refractivity contribution in [2.45, 2.75) is 18.9 Å². The van der Waals surface area contributed by atoms with Gasteiger partial charge in [0.15, 0.2) is 11.5 Å². The van der Waals surface area contributed by atoms with Gasteiger partial charge in [-0.1, -0.05) is 6.07 Å². The zero-order valence-electron chi connectivity index (χ0n) is 12.2. The summed E-state index contributed by atoms with van der Waals surface area (Å²) in [5.74, 6) is 0.634. The van der Waals surface area contributed by atoms with Gasteiger partial charge in [0.05, 0.1) is 14.2 Å². The molecule has 1 heterocycles. The van der Waals surface area contributed by atoms with Gasteiger partial charge >= 0.3 is 5.97 Å². The quantitative estimate of drug-likeness (QED) is 0.788. The Kier molecular flexibility index (Phi) is 4.84. The summed E-state index contributed by atoms with van der Waals surface area (Å²) in [6.45, 7) is 1.99. The third-order valence-electron chi connectivity index (χ3n) is 3.55. The molecule has 0 N–H and O–H groups in total. The molecule has 0 bridgehead atoms. The summed E-state index contributed by atoms with van der Waals surface area (Å²) in [6.07, 6.45) is 1.98. The van der Waals surface area contributed by atoms with Gasteiger partial charge in [0.1, 0.15) is 11.7 Å². The van der Waals surface area contributed by atoms with Crippen LogP contribution in [-0.2, 0) is 4.74 Å². The van der Waals surface area contributed by atoms with E-state index in [2.05, 4.69) is 11.9 Å². The van der Waals surface area contributed by atoms with Crippen LogP contribution in [0.25, 0.3) is 0 Å². The molecule has 0 atom stereocenters. The third kappa shape index (κ3) is 3.22. The van der Waals surface area contributed by atoms with Crippen molar-refractivity contribution in [3.8, 4) is 11.5 Å². The van der Waals surface area contributed by atoms with Crippen LogP contribution in [0.3, 0.4) is 0 Å². The number of piperidine rings is 1. The van der Waals surface area contributed by atoms with Crippen LogP contribution in [0.15, 0.2) is 18.2 Å². The van der Waals surface area contributed by atoms with Crippen molar-refractivity contribution in [1.29, 1.82) is 0 Å². The number of carbonyl (C=O) groups excluding carboxylic acids is 1. The molecule has 0 aliphatic carbocycles. The second kappa shape index (κ2) is 6.61. The highest BCUT2D eigenvalue weighted by atomic mass is 16.5. The van der Waals surface area contributed by atoms with E-state index in [1.807, 2.05) is 0 Å². The molecule has 1 aliphatic rings. The molecule has 110 valence electrons. The van der Waals surface area contributed by atoms with Gasteiger partial charge in [0, 0.05) is 13.1 Å². The fraction of sp³-hybridized carbons (Fsp3) is 0.533. The number of hydrogen-bond acceptors (Lipinski definition) is 5. The molecule has 2 rings (SSSR count). The van der Waals surface area contributed by atoms with Crippen molar-refractivity contribution >= 4 is 5.97 Å². The fourth-order valence-corrected chi connectivity index (χ4v) is 2.34. The minimum Gasteiger partial charge on any atom is -0.493 e. The van der Waals surface area contributed by atoms with E-state index in [4.69, 9.17) is 14.2 Å². The minimum absolute atomic E-state index is 0.103. The molecule has 0 aromatic heterocycles. The molecule has 5 heteroatoms. The van der Waals surface area contributed by atoms with Gasteiger partial charge in [-0.25, -0.2) is 4.79 Å². The van der Waals surface area contributed by atoms with Gasteiger partial charge in [-0.2, -0.15) is 0 Å². The van der Waals surface area contributed by atoms with Crippen LogP contribution in [-0.4, -0.2) is 51.3 Å². The van der Waals surface area contributed by atoms with Crippen LogP contribution < -0.4 is 9.47 Å². The Morgan fingerprint density at radius 2 is 1.95 bits per heavy atom. The smallest absolute Gasteiger partial charge is 0.341 e. The first-order valence-corrected chi connectivity index (χ1v) is 6.76. The average Bonchev–Trinajstić information content (AvgIpc) is 2.49. The normalized spacial score (nSPS) is 16.8. The first-order chi connectivity index (χ1) is 9.65. The van der Waals surface area contributed by atoms with Crippen LogP contribution in [0.2, 0.25) is 0 Å². The number of carbonyl (C=O) groups is 1. The number of hydrogen-bond donors (Lipinski definition) is 0. The molecule has 0 radical (unpaired) electrons. The van der Waals surface area contributed by atoms with Crippen molar-refractivity contribution in [1.82, 2.24) is 4.90 Å². The molecular weight excluding hydrogens is 258 g/mol. The largest absolute Gasteiger partial charge is 0.493 e. The second-order valence-corrected chi connectivity index (χ2v) is 4.95. The molecule has 0 saturated carbocycles. The molecular formula is C15H21NO4.